The maximum atomic E-state index is 11.5. The molecule has 0 aliphatic carbocycles. The van der Waals surface area contributed by atoms with Crippen molar-refractivity contribution >= 4 is 17.7 Å². The van der Waals surface area contributed by atoms with E-state index in [2.05, 4.69) is 5.48 Å². The summed E-state index contributed by atoms with van der Waals surface area (Å²) in [6.45, 7) is 0.378. The Labute approximate surface area is 116 Å². The van der Waals surface area contributed by atoms with Gasteiger partial charge in [0.25, 0.3) is 5.91 Å². The number of amides is 1. The molecule has 0 saturated carbocycles. The Kier molecular flexibility index (Phi) is 5.47. The molecule has 2 aromatic rings. The summed E-state index contributed by atoms with van der Waals surface area (Å²) in [5, 5.41) is 0. The summed E-state index contributed by atoms with van der Waals surface area (Å²) in [4.78, 5) is 17.8. The summed E-state index contributed by atoms with van der Waals surface area (Å²) in [6.07, 6.45) is 0. The normalized spacial score (nSPS) is 10.1. The van der Waals surface area contributed by atoms with Gasteiger partial charge in [-0.05, 0) is 17.7 Å². The van der Waals surface area contributed by atoms with Gasteiger partial charge in [-0.2, -0.15) is 0 Å². The molecule has 0 bridgehead atoms. The molecule has 0 aromatic heterocycles. The first-order valence-corrected chi connectivity index (χ1v) is 6.95. The molecule has 0 heterocycles. The zero-order valence-corrected chi connectivity index (χ0v) is 11.2. The van der Waals surface area contributed by atoms with E-state index in [0.717, 1.165) is 10.5 Å². The molecule has 0 aliphatic rings. The van der Waals surface area contributed by atoms with Crippen molar-refractivity contribution in [3.63, 3.8) is 0 Å². The van der Waals surface area contributed by atoms with Crippen LogP contribution in [-0.4, -0.2) is 11.7 Å². The van der Waals surface area contributed by atoms with Crippen LogP contribution < -0.4 is 5.48 Å². The number of carbonyl (C=O) groups excluding carboxylic acids is 1. The Bertz CT molecular complexity index is 502. The van der Waals surface area contributed by atoms with Crippen LogP contribution in [0.1, 0.15) is 5.56 Å². The number of carbonyl (C=O) groups is 1. The van der Waals surface area contributed by atoms with E-state index in [4.69, 9.17) is 4.84 Å². The molecular weight excluding hydrogens is 258 g/mol. The number of benzene rings is 2. The fourth-order valence-electron chi connectivity index (χ4n) is 1.47. The van der Waals surface area contributed by atoms with Crippen molar-refractivity contribution in [2.24, 2.45) is 0 Å². The van der Waals surface area contributed by atoms with Crippen LogP contribution in [0, 0.1) is 0 Å². The number of rotatable bonds is 6. The highest BCUT2D eigenvalue weighted by Gasteiger charge is 2.02. The number of hydroxylamine groups is 1. The minimum atomic E-state index is -0.134. The fourth-order valence-corrected chi connectivity index (χ4v) is 2.18. The Morgan fingerprint density at radius 2 is 1.63 bits per heavy atom. The third-order valence-corrected chi connectivity index (χ3v) is 3.39. The van der Waals surface area contributed by atoms with E-state index < -0.39 is 0 Å². The molecule has 1 N–H and O–H groups in total. The minimum Gasteiger partial charge on any atom is -0.272 e. The molecule has 2 rings (SSSR count). The lowest BCUT2D eigenvalue weighted by Crippen LogP contribution is -2.25. The van der Waals surface area contributed by atoms with E-state index in [9.17, 15) is 4.79 Å². The van der Waals surface area contributed by atoms with Gasteiger partial charge >= 0.3 is 0 Å². The standard InChI is InChI=1S/C15H15NO2S/c17-15(12-19-14-9-5-2-6-10-14)16-18-11-13-7-3-1-4-8-13/h1-10H,11-12H2,(H,16,17). The zero-order chi connectivity index (χ0) is 13.3. The molecule has 0 radical (unpaired) electrons. The van der Waals surface area contributed by atoms with Crippen molar-refractivity contribution in [1.29, 1.82) is 0 Å². The van der Waals surface area contributed by atoms with Crippen molar-refractivity contribution in [3.05, 3.63) is 66.2 Å². The largest absolute Gasteiger partial charge is 0.272 e. The number of thioether (sulfide) groups is 1. The first-order valence-electron chi connectivity index (χ1n) is 5.97. The van der Waals surface area contributed by atoms with Gasteiger partial charge in [0.1, 0.15) is 0 Å². The molecule has 3 nitrogen and oxygen atoms in total. The summed E-state index contributed by atoms with van der Waals surface area (Å²) < 4.78 is 0. The Balaban J connectivity index is 1.65. The number of nitrogens with one attached hydrogen (secondary N) is 1. The van der Waals surface area contributed by atoms with Crippen LogP contribution in [0.5, 0.6) is 0 Å². The summed E-state index contributed by atoms with van der Waals surface area (Å²) in [5.41, 5.74) is 3.47. The van der Waals surface area contributed by atoms with Crippen molar-refractivity contribution < 1.29 is 9.63 Å². The van der Waals surface area contributed by atoms with Gasteiger partial charge in [0.05, 0.1) is 12.4 Å². The van der Waals surface area contributed by atoms with E-state index >= 15 is 0 Å². The SMILES string of the molecule is O=C(CSc1ccccc1)NOCc1ccccc1. The Hall–Kier alpha value is -1.78. The smallest absolute Gasteiger partial charge is 0.253 e. The maximum absolute atomic E-state index is 11.5. The van der Waals surface area contributed by atoms with Gasteiger partial charge < -0.3 is 0 Å². The molecule has 4 heteroatoms. The quantitative estimate of drug-likeness (QED) is 0.649. The molecule has 1 amide bonds. The molecule has 98 valence electrons. The monoisotopic (exact) mass is 273 g/mol. The lowest BCUT2D eigenvalue weighted by molar-refractivity contribution is -0.131. The Morgan fingerprint density at radius 3 is 2.32 bits per heavy atom. The molecule has 0 unspecified atom stereocenters. The lowest BCUT2D eigenvalue weighted by Gasteiger charge is -2.05. The molecule has 0 fully saturated rings. The van der Waals surface area contributed by atoms with Crippen LogP contribution in [0.25, 0.3) is 0 Å². The Morgan fingerprint density at radius 1 is 1.00 bits per heavy atom. The van der Waals surface area contributed by atoms with Gasteiger partial charge in [0.15, 0.2) is 0 Å². The van der Waals surface area contributed by atoms with Crippen molar-refractivity contribution in [1.82, 2.24) is 5.48 Å². The summed E-state index contributed by atoms with van der Waals surface area (Å²) in [5.74, 6) is 0.212. The van der Waals surface area contributed by atoms with Crippen molar-refractivity contribution in [2.75, 3.05) is 5.75 Å². The van der Waals surface area contributed by atoms with Gasteiger partial charge in [0.2, 0.25) is 0 Å². The maximum Gasteiger partial charge on any atom is 0.253 e. The van der Waals surface area contributed by atoms with Gasteiger partial charge in [-0.15, -0.1) is 11.8 Å². The first-order chi connectivity index (χ1) is 9.34. The molecule has 2 aromatic carbocycles. The molecule has 0 spiro atoms. The van der Waals surface area contributed by atoms with Gasteiger partial charge in [-0.1, -0.05) is 48.5 Å². The fraction of sp³-hybridized carbons (Fsp3) is 0.133. The van der Waals surface area contributed by atoms with Crippen LogP contribution in [-0.2, 0) is 16.2 Å². The highest BCUT2D eigenvalue weighted by molar-refractivity contribution is 8.00. The summed E-state index contributed by atoms with van der Waals surface area (Å²) in [7, 11) is 0. The van der Waals surface area contributed by atoms with Crippen LogP contribution in [0.3, 0.4) is 0 Å². The van der Waals surface area contributed by atoms with Crippen molar-refractivity contribution in [2.45, 2.75) is 11.5 Å². The second-order valence-electron chi connectivity index (χ2n) is 3.90. The molecule has 19 heavy (non-hydrogen) atoms. The first kappa shape index (κ1) is 13.6. The summed E-state index contributed by atoms with van der Waals surface area (Å²) in [6, 6.07) is 19.5. The zero-order valence-electron chi connectivity index (χ0n) is 10.4. The predicted octanol–water partition coefficient (Wildman–Crippen LogP) is 3.03. The van der Waals surface area contributed by atoms with Gasteiger partial charge in [0, 0.05) is 4.90 Å². The molecule has 0 saturated heterocycles. The van der Waals surface area contributed by atoms with Crippen LogP contribution in [0.2, 0.25) is 0 Å². The van der Waals surface area contributed by atoms with Gasteiger partial charge in [-0.25, -0.2) is 5.48 Å². The molecular formula is C15H15NO2S. The van der Waals surface area contributed by atoms with Gasteiger partial charge in [-0.3, -0.25) is 9.63 Å². The van der Waals surface area contributed by atoms with Crippen LogP contribution in [0.4, 0.5) is 0 Å². The van der Waals surface area contributed by atoms with Crippen LogP contribution >= 0.6 is 11.8 Å². The number of hydrogen-bond acceptors (Lipinski definition) is 3. The minimum absolute atomic E-state index is 0.134. The number of hydrogen-bond donors (Lipinski definition) is 1. The topological polar surface area (TPSA) is 38.3 Å². The summed E-state index contributed by atoms with van der Waals surface area (Å²) >= 11 is 1.48. The average molecular weight is 273 g/mol. The molecule has 0 atom stereocenters. The van der Waals surface area contributed by atoms with Crippen LogP contribution in [0.15, 0.2) is 65.6 Å². The lowest BCUT2D eigenvalue weighted by atomic mass is 10.2. The van der Waals surface area contributed by atoms with E-state index in [1.165, 1.54) is 11.8 Å². The van der Waals surface area contributed by atoms with E-state index in [1.54, 1.807) is 0 Å². The highest BCUT2D eigenvalue weighted by atomic mass is 32.2. The van der Waals surface area contributed by atoms with E-state index in [-0.39, 0.29) is 5.91 Å². The predicted molar refractivity (Wildman–Crippen MR) is 76.5 cm³/mol. The average Bonchev–Trinajstić information content (AvgIpc) is 2.47. The third-order valence-electron chi connectivity index (χ3n) is 2.38. The highest BCUT2D eigenvalue weighted by Crippen LogP contribution is 2.16. The third kappa shape index (κ3) is 5.16. The second-order valence-corrected chi connectivity index (χ2v) is 4.95. The second kappa shape index (κ2) is 7.61. The van der Waals surface area contributed by atoms with E-state index in [1.807, 2.05) is 60.7 Å². The van der Waals surface area contributed by atoms with E-state index in [0.29, 0.717) is 12.4 Å². The molecule has 0 aliphatic heterocycles. The van der Waals surface area contributed by atoms with Crippen molar-refractivity contribution in [3.8, 4) is 0 Å².